The zero-order chi connectivity index (χ0) is 13.1. The Morgan fingerprint density at radius 1 is 0.895 bits per heavy atom. The Morgan fingerprint density at radius 3 is 2.05 bits per heavy atom. The molecular formula is C17H25NO. The highest BCUT2D eigenvalue weighted by atomic mass is 16.3. The van der Waals surface area contributed by atoms with Crippen molar-refractivity contribution in [3.05, 3.63) is 35.4 Å². The number of nitrogens with zero attached hydrogens (tertiary/aromatic N) is 1. The maximum atomic E-state index is 9.05. The first kappa shape index (κ1) is 13.1. The van der Waals surface area contributed by atoms with Crippen LogP contribution in [0.3, 0.4) is 0 Å². The number of hydrogen-bond acceptors (Lipinski definition) is 2. The van der Waals surface area contributed by atoms with E-state index < -0.39 is 0 Å². The van der Waals surface area contributed by atoms with Crippen molar-refractivity contribution in [2.75, 3.05) is 13.1 Å². The molecule has 1 heterocycles. The average molecular weight is 259 g/mol. The molecule has 19 heavy (non-hydrogen) atoms. The molecule has 1 saturated heterocycles. The van der Waals surface area contributed by atoms with Gasteiger partial charge >= 0.3 is 0 Å². The van der Waals surface area contributed by atoms with E-state index in [4.69, 9.17) is 5.11 Å². The van der Waals surface area contributed by atoms with Gasteiger partial charge in [0.25, 0.3) is 0 Å². The molecule has 0 bridgehead atoms. The standard InChI is InChI=1S/C17H25NO/c19-12-16-7-5-15(6-8-16)11-18-13-17(14-18)9-3-1-2-4-10-17/h5-8,19H,1-4,9-14H2. The van der Waals surface area contributed by atoms with Crippen LogP contribution < -0.4 is 0 Å². The molecule has 1 aliphatic carbocycles. The van der Waals surface area contributed by atoms with Crippen LogP contribution in [-0.4, -0.2) is 23.1 Å². The molecular weight excluding hydrogens is 234 g/mol. The number of likely N-dealkylation sites (tertiary alicyclic amines) is 1. The van der Waals surface area contributed by atoms with Gasteiger partial charge in [0.15, 0.2) is 0 Å². The molecule has 2 nitrogen and oxygen atoms in total. The topological polar surface area (TPSA) is 23.5 Å². The summed E-state index contributed by atoms with van der Waals surface area (Å²) in [5.41, 5.74) is 3.05. The van der Waals surface area contributed by atoms with E-state index in [1.54, 1.807) is 0 Å². The quantitative estimate of drug-likeness (QED) is 0.900. The first-order chi connectivity index (χ1) is 9.30. The molecule has 1 aliphatic heterocycles. The van der Waals surface area contributed by atoms with Gasteiger partial charge in [0, 0.05) is 19.6 Å². The summed E-state index contributed by atoms with van der Waals surface area (Å²) in [7, 11) is 0. The Kier molecular flexibility index (Phi) is 3.90. The second kappa shape index (κ2) is 5.64. The van der Waals surface area contributed by atoms with Gasteiger partial charge in [-0.25, -0.2) is 0 Å². The lowest BCUT2D eigenvalue weighted by atomic mass is 9.73. The van der Waals surface area contributed by atoms with E-state index in [0.717, 1.165) is 12.1 Å². The van der Waals surface area contributed by atoms with Crippen molar-refractivity contribution in [2.24, 2.45) is 5.41 Å². The minimum atomic E-state index is 0.146. The van der Waals surface area contributed by atoms with E-state index in [-0.39, 0.29) is 6.61 Å². The van der Waals surface area contributed by atoms with Gasteiger partial charge in [0.1, 0.15) is 0 Å². The van der Waals surface area contributed by atoms with E-state index in [0.29, 0.717) is 5.41 Å². The first-order valence-electron chi connectivity index (χ1n) is 7.71. The molecule has 104 valence electrons. The van der Waals surface area contributed by atoms with Crippen molar-refractivity contribution in [1.29, 1.82) is 0 Å². The minimum Gasteiger partial charge on any atom is -0.392 e. The highest BCUT2D eigenvalue weighted by molar-refractivity contribution is 5.22. The van der Waals surface area contributed by atoms with Gasteiger partial charge < -0.3 is 5.11 Å². The smallest absolute Gasteiger partial charge is 0.0681 e. The predicted molar refractivity (Wildman–Crippen MR) is 77.8 cm³/mol. The van der Waals surface area contributed by atoms with E-state index in [2.05, 4.69) is 17.0 Å². The third-order valence-electron chi connectivity index (χ3n) is 4.89. The fraction of sp³-hybridized carbons (Fsp3) is 0.647. The summed E-state index contributed by atoms with van der Waals surface area (Å²) in [4.78, 5) is 2.58. The molecule has 1 aromatic rings. The summed E-state index contributed by atoms with van der Waals surface area (Å²) in [6, 6.07) is 8.39. The number of benzene rings is 1. The monoisotopic (exact) mass is 259 g/mol. The maximum Gasteiger partial charge on any atom is 0.0681 e. The minimum absolute atomic E-state index is 0.146. The molecule has 0 unspecified atom stereocenters. The Bertz CT molecular complexity index is 396. The molecule has 0 atom stereocenters. The van der Waals surface area contributed by atoms with Crippen LogP contribution in [0.15, 0.2) is 24.3 Å². The van der Waals surface area contributed by atoms with E-state index in [1.165, 1.54) is 57.2 Å². The zero-order valence-electron chi connectivity index (χ0n) is 11.8. The van der Waals surface area contributed by atoms with Crippen molar-refractivity contribution < 1.29 is 5.11 Å². The molecule has 1 N–H and O–H groups in total. The summed E-state index contributed by atoms with van der Waals surface area (Å²) in [6.45, 7) is 3.82. The first-order valence-corrected chi connectivity index (χ1v) is 7.71. The molecule has 0 amide bonds. The van der Waals surface area contributed by atoms with E-state index in [9.17, 15) is 0 Å². The van der Waals surface area contributed by atoms with Crippen LogP contribution in [0.5, 0.6) is 0 Å². The Balaban J connectivity index is 1.52. The number of aliphatic hydroxyl groups is 1. The third-order valence-corrected chi connectivity index (χ3v) is 4.89. The van der Waals surface area contributed by atoms with Crippen LogP contribution in [-0.2, 0) is 13.2 Å². The van der Waals surface area contributed by atoms with Crippen LogP contribution in [0.2, 0.25) is 0 Å². The van der Waals surface area contributed by atoms with Gasteiger partial charge in [0.2, 0.25) is 0 Å². The zero-order valence-corrected chi connectivity index (χ0v) is 11.8. The lowest BCUT2D eigenvalue weighted by molar-refractivity contribution is -0.0176. The lowest BCUT2D eigenvalue weighted by Gasteiger charge is -2.50. The van der Waals surface area contributed by atoms with Gasteiger partial charge in [-0.15, -0.1) is 0 Å². The summed E-state index contributed by atoms with van der Waals surface area (Å²) < 4.78 is 0. The normalized spacial score (nSPS) is 23.0. The predicted octanol–water partition coefficient (Wildman–Crippen LogP) is 3.34. The third kappa shape index (κ3) is 3.01. The number of rotatable bonds is 3. The van der Waals surface area contributed by atoms with Gasteiger partial charge in [-0.1, -0.05) is 49.9 Å². The fourth-order valence-electron chi connectivity index (χ4n) is 3.82. The molecule has 1 aromatic carbocycles. The maximum absolute atomic E-state index is 9.05. The molecule has 2 heteroatoms. The molecule has 0 aromatic heterocycles. The van der Waals surface area contributed by atoms with Crippen molar-refractivity contribution >= 4 is 0 Å². The Labute approximate surface area is 116 Å². The highest BCUT2D eigenvalue weighted by Gasteiger charge is 2.42. The van der Waals surface area contributed by atoms with Crippen molar-refractivity contribution in [3.8, 4) is 0 Å². The van der Waals surface area contributed by atoms with Crippen molar-refractivity contribution in [3.63, 3.8) is 0 Å². The summed E-state index contributed by atoms with van der Waals surface area (Å²) in [5.74, 6) is 0. The average Bonchev–Trinajstić information content (AvgIpc) is 2.65. The van der Waals surface area contributed by atoms with Gasteiger partial charge in [-0.3, -0.25) is 4.90 Å². The SMILES string of the molecule is OCc1ccc(CN2CC3(CCCCCC3)C2)cc1. The van der Waals surface area contributed by atoms with Crippen molar-refractivity contribution in [1.82, 2.24) is 4.90 Å². The molecule has 1 saturated carbocycles. The summed E-state index contributed by atoms with van der Waals surface area (Å²) in [5, 5.41) is 9.05. The molecule has 1 spiro atoms. The van der Waals surface area contributed by atoms with E-state index in [1.807, 2.05) is 12.1 Å². The van der Waals surface area contributed by atoms with Gasteiger partial charge in [-0.2, -0.15) is 0 Å². The molecule has 2 aliphatic rings. The van der Waals surface area contributed by atoms with Crippen LogP contribution in [0.1, 0.15) is 49.7 Å². The number of hydrogen-bond donors (Lipinski definition) is 1. The molecule has 3 rings (SSSR count). The Hall–Kier alpha value is -0.860. The molecule has 0 radical (unpaired) electrons. The largest absolute Gasteiger partial charge is 0.392 e. The van der Waals surface area contributed by atoms with Crippen LogP contribution in [0.25, 0.3) is 0 Å². The lowest BCUT2D eigenvalue weighted by Crippen LogP contribution is -2.55. The number of aliphatic hydroxyl groups excluding tert-OH is 1. The van der Waals surface area contributed by atoms with Gasteiger partial charge in [0.05, 0.1) is 6.61 Å². The van der Waals surface area contributed by atoms with Crippen molar-refractivity contribution in [2.45, 2.75) is 51.7 Å². The second-order valence-electron chi connectivity index (χ2n) is 6.53. The van der Waals surface area contributed by atoms with E-state index >= 15 is 0 Å². The fourth-order valence-corrected chi connectivity index (χ4v) is 3.82. The van der Waals surface area contributed by atoms with Crippen LogP contribution in [0.4, 0.5) is 0 Å². The molecule has 2 fully saturated rings. The summed E-state index contributed by atoms with van der Waals surface area (Å²) >= 11 is 0. The highest BCUT2D eigenvalue weighted by Crippen LogP contribution is 2.43. The Morgan fingerprint density at radius 2 is 1.47 bits per heavy atom. The van der Waals surface area contributed by atoms with Crippen LogP contribution in [0, 0.1) is 5.41 Å². The second-order valence-corrected chi connectivity index (χ2v) is 6.53. The van der Waals surface area contributed by atoms with Crippen LogP contribution >= 0.6 is 0 Å². The summed E-state index contributed by atoms with van der Waals surface area (Å²) in [6.07, 6.45) is 8.69. The van der Waals surface area contributed by atoms with Gasteiger partial charge in [-0.05, 0) is 29.4 Å².